The molecule has 0 saturated heterocycles. The van der Waals surface area contributed by atoms with Crippen molar-refractivity contribution in [2.45, 2.75) is 6.92 Å². The van der Waals surface area contributed by atoms with Crippen molar-refractivity contribution in [2.75, 3.05) is 0 Å². The summed E-state index contributed by atoms with van der Waals surface area (Å²) in [7, 11) is 0. The summed E-state index contributed by atoms with van der Waals surface area (Å²) in [5, 5.41) is 15.1. The molecule has 0 aromatic carbocycles. The molecule has 4 nitrogen and oxygen atoms in total. The van der Waals surface area contributed by atoms with Crippen LogP contribution in [0.4, 0.5) is 0 Å². The van der Waals surface area contributed by atoms with Crippen molar-refractivity contribution in [3.05, 3.63) is 5.76 Å². The second-order valence-corrected chi connectivity index (χ2v) is 2.95. The number of nitrogens with zero attached hydrogens (tertiary/aromatic N) is 3. The van der Waals surface area contributed by atoms with Crippen LogP contribution in [0.15, 0.2) is 4.52 Å². The van der Waals surface area contributed by atoms with Gasteiger partial charge in [0.25, 0.3) is 0 Å². The van der Waals surface area contributed by atoms with Crippen LogP contribution in [-0.2, 0) is 0 Å². The van der Waals surface area contributed by atoms with E-state index in [2.05, 4.69) is 14.9 Å². The summed E-state index contributed by atoms with van der Waals surface area (Å²) in [6.07, 6.45) is 0. The Kier molecular flexibility index (Phi) is 1.83. The van der Waals surface area contributed by atoms with Crippen LogP contribution in [-0.4, -0.2) is 25.3 Å². The van der Waals surface area contributed by atoms with Crippen molar-refractivity contribution in [1.29, 1.82) is 5.26 Å². The van der Waals surface area contributed by atoms with Crippen LogP contribution in [0.25, 0.3) is 0 Å². The predicted octanol–water partition coefficient (Wildman–Crippen LogP) is -0.811. The predicted molar refractivity (Wildman–Crippen MR) is 30.0 cm³/mol. The van der Waals surface area contributed by atoms with Crippen LogP contribution in [0.3, 0.4) is 0 Å². The van der Waals surface area contributed by atoms with Crippen LogP contribution < -0.4 is 4.59 Å². The van der Waals surface area contributed by atoms with Crippen LogP contribution in [0.2, 0.25) is 0 Å². The van der Waals surface area contributed by atoms with Gasteiger partial charge in [-0.3, -0.25) is 0 Å². The zero-order valence-electron chi connectivity index (χ0n) is 4.66. The number of aryl methyl sites for hydroxylation is 1. The molecular formula is C4H3N3OSe. The molecule has 0 saturated carbocycles. The van der Waals surface area contributed by atoms with E-state index in [4.69, 9.17) is 5.26 Å². The van der Waals surface area contributed by atoms with Gasteiger partial charge >= 0.3 is 57.4 Å². The number of hydrogen-bond donors (Lipinski definition) is 0. The molecule has 0 amide bonds. The van der Waals surface area contributed by atoms with Crippen molar-refractivity contribution in [3.63, 3.8) is 0 Å². The van der Waals surface area contributed by atoms with Gasteiger partial charge in [0, 0.05) is 0 Å². The molecule has 1 heterocycles. The van der Waals surface area contributed by atoms with E-state index in [1.54, 1.807) is 6.92 Å². The monoisotopic (exact) mass is 189 g/mol. The first-order valence-corrected chi connectivity index (χ1v) is 3.91. The van der Waals surface area contributed by atoms with Crippen LogP contribution in [0.5, 0.6) is 0 Å². The van der Waals surface area contributed by atoms with E-state index in [0.717, 1.165) is 0 Å². The van der Waals surface area contributed by atoms with Crippen LogP contribution >= 0.6 is 0 Å². The van der Waals surface area contributed by atoms with E-state index < -0.39 is 0 Å². The molecule has 46 valence electrons. The molecule has 0 aliphatic carbocycles. The standard InChI is InChI=1S/C4H3N3OSe/c1-3-4(9-2-5)6-7-8-3/h1H3. The zero-order valence-corrected chi connectivity index (χ0v) is 6.37. The fraction of sp³-hybridized carbons (Fsp3) is 0.250. The second kappa shape index (κ2) is 2.62. The van der Waals surface area contributed by atoms with Gasteiger partial charge in [0.2, 0.25) is 0 Å². The third kappa shape index (κ3) is 1.28. The van der Waals surface area contributed by atoms with Gasteiger partial charge in [-0.25, -0.2) is 0 Å². The molecule has 0 fully saturated rings. The number of hydrogen-bond acceptors (Lipinski definition) is 4. The Labute approximate surface area is 58.0 Å². The summed E-state index contributed by atoms with van der Waals surface area (Å²) in [6.45, 7) is 1.74. The van der Waals surface area contributed by atoms with Gasteiger partial charge in [0.15, 0.2) is 0 Å². The molecule has 5 heteroatoms. The molecule has 0 bridgehead atoms. The first-order chi connectivity index (χ1) is 4.34. The summed E-state index contributed by atoms with van der Waals surface area (Å²) < 4.78 is 5.31. The Bertz CT molecular complexity index is 238. The van der Waals surface area contributed by atoms with Crippen molar-refractivity contribution < 1.29 is 4.52 Å². The topological polar surface area (TPSA) is 62.7 Å². The average Bonchev–Trinajstić information content (AvgIpc) is 2.18. The SMILES string of the molecule is Cc1onnc1[Se]C#N. The van der Waals surface area contributed by atoms with Crippen molar-refractivity contribution in [3.8, 4) is 4.97 Å². The Hall–Kier alpha value is -0.851. The molecule has 1 aromatic rings. The maximum atomic E-state index is 8.23. The fourth-order valence-electron chi connectivity index (χ4n) is 0.364. The van der Waals surface area contributed by atoms with Gasteiger partial charge in [0.05, 0.1) is 0 Å². The minimum atomic E-state index is -0.232. The minimum absolute atomic E-state index is 0.232. The summed E-state index contributed by atoms with van der Waals surface area (Å²) in [6, 6.07) is 0. The molecular weight excluding hydrogens is 185 g/mol. The van der Waals surface area contributed by atoms with Gasteiger partial charge in [-0.15, -0.1) is 0 Å². The zero-order chi connectivity index (χ0) is 6.69. The van der Waals surface area contributed by atoms with E-state index in [1.165, 1.54) is 0 Å². The Morgan fingerprint density at radius 3 is 3.00 bits per heavy atom. The average molecular weight is 188 g/mol. The molecule has 0 radical (unpaired) electrons. The first-order valence-electron chi connectivity index (χ1n) is 2.19. The summed E-state index contributed by atoms with van der Waals surface area (Å²) in [4.78, 5) is 2.01. The van der Waals surface area contributed by atoms with Gasteiger partial charge in [0.1, 0.15) is 0 Å². The van der Waals surface area contributed by atoms with Gasteiger partial charge in [-0.2, -0.15) is 0 Å². The van der Waals surface area contributed by atoms with Gasteiger partial charge < -0.3 is 0 Å². The molecule has 1 rings (SSSR count). The number of rotatable bonds is 1. The third-order valence-corrected chi connectivity index (χ3v) is 2.12. The van der Waals surface area contributed by atoms with Gasteiger partial charge in [-0.05, 0) is 0 Å². The van der Waals surface area contributed by atoms with Crippen LogP contribution in [0.1, 0.15) is 5.76 Å². The summed E-state index contributed by atoms with van der Waals surface area (Å²) >= 11 is -0.232. The van der Waals surface area contributed by atoms with E-state index in [0.29, 0.717) is 10.4 Å². The Morgan fingerprint density at radius 2 is 2.56 bits per heavy atom. The molecule has 0 spiro atoms. The molecule has 0 aliphatic rings. The molecule has 0 aliphatic heterocycles. The maximum absolute atomic E-state index is 8.23. The van der Waals surface area contributed by atoms with E-state index in [9.17, 15) is 0 Å². The normalized spacial score (nSPS) is 8.89. The van der Waals surface area contributed by atoms with Crippen molar-refractivity contribution >= 4 is 19.5 Å². The molecule has 1 aromatic heterocycles. The Morgan fingerprint density at radius 1 is 1.78 bits per heavy atom. The Balaban J connectivity index is 2.84. The van der Waals surface area contributed by atoms with E-state index in [1.807, 2.05) is 4.97 Å². The molecule has 0 atom stereocenters. The van der Waals surface area contributed by atoms with Crippen molar-refractivity contribution in [1.82, 2.24) is 10.4 Å². The first kappa shape index (κ1) is 6.27. The second-order valence-electron chi connectivity index (χ2n) is 1.33. The van der Waals surface area contributed by atoms with Crippen molar-refractivity contribution in [2.24, 2.45) is 0 Å². The summed E-state index contributed by atoms with van der Waals surface area (Å²) in [5.74, 6) is 0.650. The van der Waals surface area contributed by atoms with E-state index in [-0.39, 0.29) is 15.0 Å². The van der Waals surface area contributed by atoms with Gasteiger partial charge in [-0.1, -0.05) is 0 Å². The third-order valence-electron chi connectivity index (χ3n) is 0.753. The molecule has 9 heavy (non-hydrogen) atoms. The number of aromatic nitrogens is 2. The van der Waals surface area contributed by atoms with E-state index >= 15 is 0 Å². The van der Waals surface area contributed by atoms with Crippen LogP contribution in [0, 0.1) is 17.2 Å². The quantitative estimate of drug-likeness (QED) is 0.540. The fourth-order valence-corrected chi connectivity index (χ4v) is 1.08. The molecule has 0 N–H and O–H groups in total. The molecule has 0 unspecified atom stereocenters. The number of nitriles is 1. The summed E-state index contributed by atoms with van der Waals surface area (Å²) in [5.41, 5.74) is 0.